The van der Waals surface area contributed by atoms with Crippen molar-refractivity contribution in [2.24, 2.45) is 0 Å². The van der Waals surface area contributed by atoms with Crippen LogP contribution in [0.25, 0.3) is 0 Å². The van der Waals surface area contributed by atoms with Crippen LogP contribution in [0, 0.1) is 0 Å². The Kier molecular flexibility index (Phi) is 4.56. The summed E-state index contributed by atoms with van der Waals surface area (Å²) in [6.45, 7) is 5.55. The van der Waals surface area contributed by atoms with Crippen molar-refractivity contribution in [2.45, 2.75) is 32.4 Å². The van der Waals surface area contributed by atoms with Crippen molar-refractivity contribution < 1.29 is 0 Å². The van der Waals surface area contributed by atoms with Gasteiger partial charge >= 0.3 is 0 Å². The van der Waals surface area contributed by atoms with Gasteiger partial charge in [-0.15, -0.1) is 0 Å². The Labute approximate surface area is 127 Å². The van der Waals surface area contributed by atoms with Crippen molar-refractivity contribution >= 4 is 5.69 Å². The zero-order valence-electron chi connectivity index (χ0n) is 12.8. The van der Waals surface area contributed by atoms with Crippen molar-refractivity contribution in [1.82, 2.24) is 5.32 Å². The Morgan fingerprint density at radius 1 is 0.952 bits per heavy atom. The molecule has 1 aliphatic heterocycles. The zero-order valence-corrected chi connectivity index (χ0v) is 12.8. The van der Waals surface area contributed by atoms with Gasteiger partial charge in [-0.25, -0.2) is 0 Å². The lowest BCUT2D eigenvalue weighted by Gasteiger charge is -2.22. The highest BCUT2D eigenvalue weighted by molar-refractivity contribution is 5.54. The number of hydrogen-bond donors (Lipinski definition) is 1. The minimum Gasteiger partial charge on any atom is -0.371 e. The molecule has 2 aromatic rings. The van der Waals surface area contributed by atoms with Gasteiger partial charge in [-0.3, -0.25) is 0 Å². The fourth-order valence-electron chi connectivity index (χ4n) is 3.05. The average Bonchev–Trinajstić information content (AvgIpc) is 3.08. The predicted molar refractivity (Wildman–Crippen MR) is 89.6 cm³/mol. The standard InChI is InChI=1S/C19H24N2/c1-16(17-9-3-2-4-10-17)20-15-18-11-5-6-12-19(18)21-13-7-8-14-21/h2-6,9-12,16,20H,7-8,13-15H2,1H3/t16-/m1/s1. The second kappa shape index (κ2) is 6.77. The van der Waals surface area contributed by atoms with Crippen molar-refractivity contribution in [3.05, 3.63) is 65.7 Å². The first-order valence-corrected chi connectivity index (χ1v) is 7.96. The molecule has 0 bridgehead atoms. The monoisotopic (exact) mass is 280 g/mol. The highest BCUT2D eigenvalue weighted by atomic mass is 15.1. The highest BCUT2D eigenvalue weighted by Crippen LogP contribution is 2.25. The third kappa shape index (κ3) is 3.45. The molecule has 0 saturated carbocycles. The summed E-state index contributed by atoms with van der Waals surface area (Å²) in [7, 11) is 0. The van der Waals surface area contributed by atoms with E-state index in [1.54, 1.807) is 0 Å². The van der Waals surface area contributed by atoms with Gasteiger partial charge in [0.1, 0.15) is 0 Å². The van der Waals surface area contributed by atoms with Crippen LogP contribution in [0.3, 0.4) is 0 Å². The molecule has 110 valence electrons. The van der Waals surface area contributed by atoms with E-state index in [1.807, 2.05) is 0 Å². The summed E-state index contributed by atoms with van der Waals surface area (Å²) in [5.74, 6) is 0. The number of rotatable bonds is 5. The smallest absolute Gasteiger partial charge is 0.0411 e. The van der Waals surface area contributed by atoms with E-state index in [0.717, 1.165) is 6.54 Å². The van der Waals surface area contributed by atoms with Crippen molar-refractivity contribution in [1.29, 1.82) is 0 Å². The Morgan fingerprint density at radius 3 is 2.38 bits per heavy atom. The Hall–Kier alpha value is -1.80. The van der Waals surface area contributed by atoms with E-state index in [0.29, 0.717) is 6.04 Å². The van der Waals surface area contributed by atoms with E-state index in [4.69, 9.17) is 0 Å². The van der Waals surface area contributed by atoms with Gasteiger partial charge in [0.05, 0.1) is 0 Å². The van der Waals surface area contributed by atoms with E-state index in [2.05, 4.69) is 71.7 Å². The van der Waals surface area contributed by atoms with Gasteiger partial charge in [-0.1, -0.05) is 48.5 Å². The maximum absolute atomic E-state index is 3.65. The average molecular weight is 280 g/mol. The third-order valence-corrected chi connectivity index (χ3v) is 4.34. The Morgan fingerprint density at radius 2 is 1.62 bits per heavy atom. The van der Waals surface area contributed by atoms with Gasteiger partial charge in [-0.05, 0) is 37.0 Å². The molecular formula is C19H24N2. The number of hydrogen-bond acceptors (Lipinski definition) is 2. The van der Waals surface area contributed by atoms with Crippen LogP contribution >= 0.6 is 0 Å². The van der Waals surface area contributed by atoms with Crippen molar-refractivity contribution in [3.8, 4) is 0 Å². The van der Waals surface area contributed by atoms with Crippen LogP contribution < -0.4 is 10.2 Å². The molecule has 2 aromatic carbocycles. The lowest BCUT2D eigenvalue weighted by atomic mass is 10.1. The van der Waals surface area contributed by atoms with Gasteiger partial charge in [0, 0.05) is 31.4 Å². The topological polar surface area (TPSA) is 15.3 Å². The summed E-state index contributed by atoms with van der Waals surface area (Å²) in [6.07, 6.45) is 2.64. The Balaban J connectivity index is 1.68. The first-order valence-electron chi connectivity index (χ1n) is 7.96. The molecule has 2 nitrogen and oxygen atoms in total. The fourth-order valence-corrected chi connectivity index (χ4v) is 3.05. The third-order valence-electron chi connectivity index (χ3n) is 4.34. The second-order valence-corrected chi connectivity index (χ2v) is 5.84. The van der Waals surface area contributed by atoms with Crippen LogP contribution in [0.4, 0.5) is 5.69 Å². The maximum Gasteiger partial charge on any atom is 0.0411 e. The summed E-state index contributed by atoms with van der Waals surface area (Å²) in [5.41, 5.74) is 4.15. The van der Waals surface area contributed by atoms with Crippen LogP contribution in [0.15, 0.2) is 54.6 Å². The summed E-state index contributed by atoms with van der Waals surface area (Å²) in [4.78, 5) is 2.52. The zero-order chi connectivity index (χ0) is 14.5. The minimum absolute atomic E-state index is 0.373. The van der Waals surface area contributed by atoms with Gasteiger partial charge < -0.3 is 10.2 Å². The number of nitrogens with zero attached hydrogens (tertiary/aromatic N) is 1. The summed E-state index contributed by atoms with van der Waals surface area (Å²) >= 11 is 0. The molecule has 0 spiro atoms. The van der Waals surface area contributed by atoms with Crippen LogP contribution in [0.2, 0.25) is 0 Å². The first kappa shape index (κ1) is 14.2. The van der Waals surface area contributed by atoms with Crippen LogP contribution in [-0.4, -0.2) is 13.1 Å². The summed E-state index contributed by atoms with van der Waals surface area (Å²) < 4.78 is 0. The number of para-hydroxylation sites is 1. The molecule has 1 N–H and O–H groups in total. The lowest BCUT2D eigenvalue weighted by molar-refractivity contribution is 0.574. The van der Waals surface area contributed by atoms with Crippen molar-refractivity contribution in [2.75, 3.05) is 18.0 Å². The highest BCUT2D eigenvalue weighted by Gasteiger charge is 2.15. The van der Waals surface area contributed by atoms with Gasteiger partial charge in [0.2, 0.25) is 0 Å². The number of benzene rings is 2. The molecular weight excluding hydrogens is 256 g/mol. The molecule has 1 aliphatic rings. The molecule has 0 amide bonds. The van der Waals surface area contributed by atoms with Gasteiger partial charge in [0.15, 0.2) is 0 Å². The van der Waals surface area contributed by atoms with E-state index in [9.17, 15) is 0 Å². The van der Waals surface area contributed by atoms with E-state index < -0.39 is 0 Å². The van der Waals surface area contributed by atoms with Gasteiger partial charge in [-0.2, -0.15) is 0 Å². The first-order chi connectivity index (χ1) is 10.3. The predicted octanol–water partition coefficient (Wildman–Crippen LogP) is 4.14. The maximum atomic E-state index is 3.65. The molecule has 1 saturated heterocycles. The quantitative estimate of drug-likeness (QED) is 0.885. The fraction of sp³-hybridized carbons (Fsp3) is 0.368. The molecule has 1 fully saturated rings. The van der Waals surface area contributed by atoms with Crippen LogP contribution in [0.1, 0.15) is 36.9 Å². The molecule has 0 unspecified atom stereocenters. The van der Waals surface area contributed by atoms with Crippen molar-refractivity contribution in [3.63, 3.8) is 0 Å². The molecule has 2 heteroatoms. The van der Waals surface area contributed by atoms with Crippen LogP contribution in [0.5, 0.6) is 0 Å². The normalized spacial score (nSPS) is 16.1. The van der Waals surface area contributed by atoms with E-state index in [1.165, 1.54) is 42.7 Å². The lowest BCUT2D eigenvalue weighted by Crippen LogP contribution is -2.23. The molecule has 0 radical (unpaired) electrons. The largest absolute Gasteiger partial charge is 0.371 e. The van der Waals surface area contributed by atoms with E-state index >= 15 is 0 Å². The molecule has 1 heterocycles. The summed E-state index contributed by atoms with van der Waals surface area (Å²) in [5, 5.41) is 3.65. The second-order valence-electron chi connectivity index (χ2n) is 5.84. The van der Waals surface area contributed by atoms with Gasteiger partial charge in [0.25, 0.3) is 0 Å². The Bertz CT molecular complexity index is 559. The van der Waals surface area contributed by atoms with E-state index in [-0.39, 0.29) is 0 Å². The van der Waals surface area contributed by atoms with Crippen LogP contribution in [-0.2, 0) is 6.54 Å². The molecule has 1 atom stereocenters. The number of anilines is 1. The molecule has 0 aromatic heterocycles. The molecule has 0 aliphatic carbocycles. The molecule has 3 rings (SSSR count). The number of nitrogens with one attached hydrogen (secondary N) is 1. The summed E-state index contributed by atoms with van der Waals surface area (Å²) in [6, 6.07) is 19.8. The molecule has 21 heavy (non-hydrogen) atoms. The SMILES string of the molecule is C[C@@H](NCc1ccccc1N1CCCC1)c1ccccc1. The minimum atomic E-state index is 0.373.